The van der Waals surface area contributed by atoms with Crippen LogP contribution in [0.2, 0.25) is 0 Å². The third-order valence-corrected chi connectivity index (χ3v) is 2.81. The standard InChI is InChI=1S/C14H18N2O4/c1-3-16(9-8-13(18)19)14(20)15-12-6-4-11(5-7-12)10(2)17/h4-7H,3,8-9H2,1-2H3,(H,15,20)(H,18,19). The quantitative estimate of drug-likeness (QED) is 0.781. The molecule has 0 spiro atoms. The first kappa shape index (κ1) is 15.7. The van der Waals surface area contributed by atoms with Crippen LogP contribution in [-0.4, -0.2) is 40.9 Å². The van der Waals surface area contributed by atoms with Crippen LogP contribution in [0.25, 0.3) is 0 Å². The van der Waals surface area contributed by atoms with Gasteiger partial charge >= 0.3 is 12.0 Å². The molecular formula is C14H18N2O4. The zero-order valence-electron chi connectivity index (χ0n) is 11.5. The molecule has 6 nitrogen and oxygen atoms in total. The first-order valence-corrected chi connectivity index (χ1v) is 6.32. The molecular weight excluding hydrogens is 260 g/mol. The molecule has 0 aliphatic rings. The second-order valence-electron chi connectivity index (χ2n) is 4.29. The van der Waals surface area contributed by atoms with Gasteiger partial charge in [0.1, 0.15) is 0 Å². The van der Waals surface area contributed by atoms with E-state index in [1.54, 1.807) is 31.2 Å². The number of ketones is 1. The van der Waals surface area contributed by atoms with E-state index in [9.17, 15) is 14.4 Å². The van der Waals surface area contributed by atoms with Crippen molar-refractivity contribution in [2.45, 2.75) is 20.3 Å². The Bertz CT molecular complexity index is 496. The molecule has 0 heterocycles. The number of urea groups is 1. The number of amides is 2. The van der Waals surface area contributed by atoms with Gasteiger partial charge in [0.05, 0.1) is 6.42 Å². The Morgan fingerprint density at radius 3 is 2.25 bits per heavy atom. The van der Waals surface area contributed by atoms with Crippen molar-refractivity contribution >= 4 is 23.5 Å². The molecule has 1 aromatic carbocycles. The molecule has 0 saturated carbocycles. The van der Waals surface area contributed by atoms with Gasteiger partial charge in [-0.15, -0.1) is 0 Å². The van der Waals surface area contributed by atoms with E-state index in [1.807, 2.05) is 0 Å². The predicted molar refractivity (Wildman–Crippen MR) is 75.0 cm³/mol. The summed E-state index contributed by atoms with van der Waals surface area (Å²) in [7, 11) is 0. The van der Waals surface area contributed by atoms with Crippen LogP contribution in [0, 0.1) is 0 Å². The molecule has 0 aliphatic carbocycles. The molecule has 0 bridgehead atoms. The second-order valence-corrected chi connectivity index (χ2v) is 4.29. The van der Waals surface area contributed by atoms with Crippen molar-refractivity contribution in [2.75, 3.05) is 18.4 Å². The number of nitrogens with one attached hydrogen (secondary N) is 1. The Morgan fingerprint density at radius 1 is 1.20 bits per heavy atom. The van der Waals surface area contributed by atoms with E-state index in [4.69, 9.17) is 5.11 Å². The van der Waals surface area contributed by atoms with Crippen LogP contribution in [-0.2, 0) is 4.79 Å². The summed E-state index contributed by atoms with van der Waals surface area (Å²) >= 11 is 0. The van der Waals surface area contributed by atoms with E-state index in [-0.39, 0.29) is 24.8 Å². The Hall–Kier alpha value is -2.37. The normalized spacial score (nSPS) is 9.90. The van der Waals surface area contributed by atoms with Crippen LogP contribution in [0.5, 0.6) is 0 Å². The van der Waals surface area contributed by atoms with Gasteiger partial charge in [-0.1, -0.05) is 0 Å². The Balaban J connectivity index is 2.63. The van der Waals surface area contributed by atoms with Gasteiger partial charge in [-0.3, -0.25) is 9.59 Å². The summed E-state index contributed by atoms with van der Waals surface area (Å²) in [6.45, 7) is 3.83. The van der Waals surface area contributed by atoms with Gasteiger partial charge in [0.2, 0.25) is 0 Å². The van der Waals surface area contributed by atoms with E-state index in [0.29, 0.717) is 17.8 Å². The molecule has 0 aliphatic heterocycles. The molecule has 0 unspecified atom stereocenters. The number of carboxylic acid groups (broad SMARTS) is 1. The second kappa shape index (κ2) is 7.28. The summed E-state index contributed by atoms with van der Waals surface area (Å²) in [4.78, 5) is 35.0. The maximum Gasteiger partial charge on any atom is 0.321 e. The van der Waals surface area contributed by atoms with Crippen LogP contribution in [0.3, 0.4) is 0 Å². The molecule has 0 fully saturated rings. The van der Waals surface area contributed by atoms with E-state index >= 15 is 0 Å². The lowest BCUT2D eigenvalue weighted by molar-refractivity contribution is -0.137. The minimum absolute atomic E-state index is 0.0421. The fourth-order valence-corrected chi connectivity index (χ4v) is 1.62. The van der Waals surface area contributed by atoms with Gasteiger partial charge < -0.3 is 15.3 Å². The Labute approximate surface area is 117 Å². The number of benzene rings is 1. The van der Waals surface area contributed by atoms with Crippen molar-refractivity contribution in [3.8, 4) is 0 Å². The number of aliphatic carboxylic acids is 1. The van der Waals surface area contributed by atoms with Crippen LogP contribution in [0.15, 0.2) is 24.3 Å². The van der Waals surface area contributed by atoms with Gasteiger partial charge in [0.25, 0.3) is 0 Å². The molecule has 0 atom stereocenters. The summed E-state index contributed by atoms with van der Waals surface area (Å²) in [5, 5.41) is 11.3. The SMILES string of the molecule is CCN(CCC(=O)O)C(=O)Nc1ccc(C(C)=O)cc1. The molecule has 0 aromatic heterocycles. The lowest BCUT2D eigenvalue weighted by Crippen LogP contribution is -2.36. The zero-order valence-corrected chi connectivity index (χ0v) is 11.5. The third kappa shape index (κ3) is 4.72. The average molecular weight is 278 g/mol. The summed E-state index contributed by atoms with van der Waals surface area (Å²) in [6.07, 6.45) is -0.0927. The van der Waals surface area contributed by atoms with Gasteiger partial charge in [0, 0.05) is 24.3 Å². The van der Waals surface area contributed by atoms with Gasteiger partial charge in [-0.05, 0) is 38.1 Å². The topological polar surface area (TPSA) is 86.7 Å². The minimum Gasteiger partial charge on any atom is -0.481 e. The van der Waals surface area contributed by atoms with Gasteiger partial charge in [-0.2, -0.15) is 0 Å². The summed E-state index contributed by atoms with van der Waals surface area (Å²) < 4.78 is 0. The molecule has 108 valence electrons. The Kier molecular flexibility index (Phi) is 5.71. The number of carbonyl (C=O) groups is 3. The highest BCUT2D eigenvalue weighted by molar-refractivity contribution is 5.95. The van der Waals surface area contributed by atoms with Crippen molar-refractivity contribution < 1.29 is 19.5 Å². The largest absolute Gasteiger partial charge is 0.481 e. The number of hydrogen-bond donors (Lipinski definition) is 2. The first-order valence-electron chi connectivity index (χ1n) is 6.32. The van der Waals surface area contributed by atoms with Crippen LogP contribution in [0.4, 0.5) is 10.5 Å². The number of carbonyl (C=O) groups excluding carboxylic acids is 2. The minimum atomic E-state index is -0.943. The zero-order chi connectivity index (χ0) is 15.1. The fraction of sp³-hybridized carbons (Fsp3) is 0.357. The summed E-state index contributed by atoms with van der Waals surface area (Å²) in [5.74, 6) is -0.985. The van der Waals surface area contributed by atoms with Gasteiger partial charge in [0.15, 0.2) is 5.78 Å². The number of nitrogens with zero attached hydrogens (tertiary/aromatic N) is 1. The van der Waals surface area contributed by atoms with Crippen LogP contribution >= 0.6 is 0 Å². The third-order valence-electron chi connectivity index (χ3n) is 2.81. The van der Waals surface area contributed by atoms with E-state index < -0.39 is 5.97 Å². The number of rotatable bonds is 6. The number of hydrogen-bond acceptors (Lipinski definition) is 3. The van der Waals surface area contributed by atoms with Crippen molar-refractivity contribution in [1.29, 1.82) is 0 Å². The molecule has 1 aromatic rings. The first-order chi connectivity index (χ1) is 9.43. The highest BCUT2D eigenvalue weighted by Gasteiger charge is 2.13. The fourth-order valence-electron chi connectivity index (χ4n) is 1.62. The molecule has 2 N–H and O–H groups in total. The van der Waals surface area contributed by atoms with E-state index in [2.05, 4.69) is 5.32 Å². The molecule has 6 heteroatoms. The van der Waals surface area contributed by atoms with E-state index in [0.717, 1.165) is 0 Å². The highest BCUT2D eigenvalue weighted by atomic mass is 16.4. The maximum absolute atomic E-state index is 11.9. The molecule has 0 saturated heterocycles. The number of carboxylic acids is 1. The summed E-state index contributed by atoms with van der Waals surface area (Å²) in [6, 6.07) is 6.18. The van der Waals surface area contributed by atoms with Crippen molar-refractivity contribution in [3.05, 3.63) is 29.8 Å². The predicted octanol–water partition coefficient (Wildman–Crippen LogP) is 2.22. The smallest absolute Gasteiger partial charge is 0.321 e. The lowest BCUT2D eigenvalue weighted by Gasteiger charge is -2.20. The number of Topliss-reactive ketones (excluding diaryl/α,β-unsaturated/α-hetero) is 1. The Morgan fingerprint density at radius 2 is 1.80 bits per heavy atom. The van der Waals surface area contributed by atoms with Crippen LogP contribution < -0.4 is 5.32 Å². The van der Waals surface area contributed by atoms with Crippen molar-refractivity contribution in [3.63, 3.8) is 0 Å². The average Bonchev–Trinajstić information content (AvgIpc) is 2.39. The lowest BCUT2D eigenvalue weighted by atomic mass is 10.1. The molecule has 20 heavy (non-hydrogen) atoms. The monoisotopic (exact) mass is 278 g/mol. The van der Waals surface area contributed by atoms with Crippen LogP contribution in [0.1, 0.15) is 30.6 Å². The van der Waals surface area contributed by atoms with E-state index in [1.165, 1.54) is 11.8 Å². The maximum atomic E-state index is 11.9. The van der Waals surface area contributed by atoms with Crippen molar-refractivity contribution in [2.24, 2.45) is 0 Å². The highest BCUT2D eigenvalue weighted by Crippen LogP contribution is 2.11. The molecule has 1 rings (SSSR count). The number of anilines is 1. The molecule has 2 amide bonds. The van der Waals surface area contributed by atoms with Crippen molar-refractivity contribution in [1.82, 2.24) is 4.90 Å². The van der Waals surface area contributed by atoms with Gasteiger partial charge in [-0.25, -0.2) is 4.79 Å². The summed E-state index contributed by atoms with van der Waals surface area (Å²) in [5.41, 5.74) is 1.13. The molecule has 0 radical (unpaired) electrons.